The van der Waals surface area contributed by atoms with Gasteiger partial charge in [0.1, 0.15) is 0 Å². The Bertz CT molecular complexity index is 451. The van der Waals surface area contributed by atoms with Gasteiger partial charge in [0.25, 0.3) is 0 Å². The van der Waals surface area contributed by atoms with Crippen molar-refractivity contribution in [1.82, 2.24) is 9.80 Å². The number of hydrogen-bond donors (Lipinski definition) is 0. The molecular formula is C25H46N2. The zero-order valence-electron chi connectivity index (χ0n) is 18.6. The first-order valence-electron chi connectivity index (χ1n) is 12.5. The monoisotopic (exact) mass is 374 g/mol. The maximum absolute atomic E-state index is 2.91. The minimum atomic E-state index is 0.428. The van der Waals surface area contributed by atoms with Gasteiger partial charge in [-0.05, 0) is 122 Å². The average molecular weight is 375 g/mol. The Morgan fingerprint density at radius 2 is 1.15 bits per heavy atom. The van der Waals surface area contributed by atoms with E-state index in [9.17, 15) is 0 Å². The second-order valence-corrected chi connectivity index (χ2v) is 11.3. The molecule has 4 rings (SSSR count). The van der Waals surface area contributed by atoms with Crippen LogP contribution in [-0.4, -0.2) is 48.6 Å². The molecule has 2 aliphatic heterocycles. The maximum Gasteiger partial charge on any atom is 0.0181 e. The zero-order valence-corrected chi connectivity index (χ0v) is 18.6. The molecule has 2 heterocycles. The van der Waals surface area contributed by atoms with Crippen molar-refractivity contribution in [3.8, 4) is 0 Å². The van der Waals surface area contributed by atoms with Crippen LogP contribution in [0.4, 0.5) is 0 Å². The Hall–Kier alpha value is -0.0800. The van der Waals surface area contributed by atoms with Crippen LogP contribution >= 0.6 is 0 Å². The van der Waals surface area contributed by atoms with E-state index < -0.39 is 0 Å². The predicted molar refractivity (Wildman–Crippen MR) is 116 cm³/mol. The largest absolute Gasteiger partial charge is 0.306 e. The summed E-state index contributed by atoms with van der Waals surface area (Å²) in [6, 6.07) is 0. The van der Waals surface area contributed by atoms with Gasteiger partial charge in [0.15, 0.2) is 0 Å². The number of nitrogens with zero attached hydrogens (tertiary/aromatic N) is 2. The molecule has 0 N–H and O–H groups in total. The number of likely N-dealkylation sites (tertiary alicyclic amines) is 2. The van der Waals surface area contributed by atoms with Crippen LogP contribution in [0.15, 0.2) is 0 Å². The fraction of sp³-hybridized carbons (Fsp3) is 1.00. The summed E-state index contributed by atoms with van der Waals surface area (Å²) < 4.78 is 0. The summed E-state index contributed by atoms with van der Waals surface area (Å²) >= 11 is 0. The van der Waals surface area contributed by atoms with Gasteiger partial charge in [0.05, 0.1) is 0 Å². The molecule has 0 bridgehead atoms. The van der Waals surface area contributed by atoms with Crippen LogP contribution in [0.1, 0.15) is 90.9 Å². The molecule has 2 unspecified atom stereocenters. The van der Waals surface area contributed by atoms with E-state index in [1.807, 2.05) is 0 Å². The van der Waals surface area contributed by atoms with Crippen LogP contribution in [0.2, 0.25) is 0 Å². The Balaban J connectivity index is 1.27. The minimum absolute atomic E-state index is 0.428. The first kappa shape index (κ1) is 20.2. The highest BCUT2D eigenvalue weighted by molar-refractivity contribution is 4.97. The molecule has 0 amide bonds. The standard InChI is InChI=1S/C25H46N2/c1-25(2,24-10-9-23(19-24)22-11-15-26(3)16-12-22)27-17-13-21(14-18-27)20-7-5-4-6-8-20/h20-24H,4-19H2,1-3H3. The molecule has 0 spiro atoms. The molecule has 2 saturated heterocycles. The summed E-state index contributed by atoms with van der Waals surface area (Å²) in [4.78, 5) is 5.44. The third-order valence-electron chi connectivity index (χ3n) is 9.57. The van der Waals surface area contributed by atoms with E-state index in [0.717, 1.165) is 29.6 Å². The van der Waals surface area contributed by atoms with E-state index in [2.05, 4.69) is 30.7 Å². The lowest BCUT2D eigenvalue weighted by atomic mass is 9.74. The first-order chi connectivity index (χ1) is 13.0. The maximum atomic E-state index is 2.91. The molecular weight excluding hydrogens is 328 g/mol. The van der Waals surface area contributed by atoms with Gasteiger partial charge in [-0.15, -0.1) is 0 Å². The molecule has 27 heavy (non-hydrogen) atoms. The third-order valence-corrected chi connectivity index (χ3v) is 9.57. The van der Waals surface area contributed by atoms with Gasteiger partial charge < -0.3 is 4.90 Å². The molecule has 0 aromatic carbocycles. The van der Waals surface area contributed by atoms with Crippen molar-refractivity contribution in [2.75, 3.05) is 33.2 Å². The second kappa shape index (κ2) is 8.74. The zero-order chi connectivity index (χ0) is 18.9. The summed E-state index contributed by atoms with van der Waals surface area (Å²) in [5.74, 6) is 5.12. The van der Waals surface area contributed by atoms with Crippen LogP contribution in [0.25, 0.3) is 0 Å². The lowest BCUT2D eigenvalue weighted by molar-refractivity contribution is 0.0162. The van der Waals surface area contributed by atoms with Crippen molar-refractivity contribution < 1.29 is 0 Å². The van der Waals surface area contributed by atoms with Crippen LogP contribution in [0, 0.1) is 29.6 Å². The quantitative estimate of drug-likeness (QED) is 0.612. The fourth-order valence-electron chi connectivity index (χ4n) is 7.40. The van der Waals surface area contributed by atoms with Crippen molar-refractivity contribution in [2.24, 2.45) is 29.6 Å². The molecule has 2 heteroatoms. The minimum Gasteiger partial charge on any atom is -0.306 e. The van der Waals surface area contributed by atoms with Crippen molar-refractivity contribution in [2.45, 2.75) is 96.4 Å². The molecule has 2 aliphatic carbocycles. The summed E-state index contributed by atoms with van der Waals surface area (Å²) in [7, 11) is 2.30. The Labute approximate surface area is 169 Å². The third kappa shape index (κ3) is 4.58. The summed E-state index contributed by atoms with van der Waals surface area (Å²) in [6.45, 7) is 10.6. The van der Waals surface area contributed by atoms with E-state index in [4.69, 9.17) is 0 Å². The molecule has 0 radical (unpaired) electrons. The van der Waals surface area contributed by atoms with Gasteiger partial charge in [0, 0.05) is 5.54 Å². The Morgan fingerprint density at radius 1 is 0.593 bits per heavy atom. The van der Waals surface area contributed by atoms with Gasteiger partial charge in [-0.3, -0.25) is 4.90 Å². The fourth-order valence-corrected chi connectivity index (χ4v) is 7.40. The van der Waals surface area contributed by atoms with Gasteiger partial charge in [-0.1, -0.05) is 32.1 Å². The summed E-state index contributed by atoms with van der Waals surface area (Å²) in [5.41, 5.74) is 0.428. The van der Waals surface area contributed by atoms with E-state index in [-0.39, 0.29) is 0 Å². The first-order valence-corrected chi connectivity index (χ1v) is 12.5. The van der Waals surface area contributed by atoms with E-state index >= 15 is 0 Å². The van der Waals surface area contributed by atoms with E-state index in [1.165, 1.54) is 103 Å². The number of piperidine rings is 2. The molecule has 0 aromatic heterocycles. The Morgan fingerprint density at radius 3 is 1.81 bits per heavy atom. The highest BCUT2D eigenvalue weighted by Crippen LogP contribution is 2.46. The molecule has 2 atom stereocenters. The SMILES string of the molecule is CN1CCC(C2CCC(C(C)(C)N3CCC(C4CCCCC4)CC3)C2)CC1. The van der Waals surface area contributed by atoms with Gasteiger partial charge in [-0.25, -0.2) is 0 Å². The van der Waals surface area contributed by atoms with Crippen LogP contribution in [0.3, 0.4) is 0 Å². The Kier molecular flexibility index (Phi) is 6.54. The number of rotatable bonds is 4. The molecule has 0 aromatic rings. The van der Waals surface area contributed by atoms with Gasteiger partial charge in [0.2, 0.25) is 0 Å². The van der Waals surface area contributed by atoms with Crippen molar-refractivity contribution in [3.05, 3.63) is 0 Å². The highest BCUT2D eigenvalue weighted by Gasteiger charge is 2.43. The smallest absolute Gasteiger partial charge is 0.0181 e. The van der Waals surface area contributed by atoms with E-state index in [0.29, 0.717) is 5.54 Å². The van der Waals surface area contributed by atoms with Gasteiger partial charge >= 0.3 is 0 Å². The molecule has 156 valence electrons. The lowest BCUT2D eigenvalue weighted by Gasteiger charge is -2.48. The average Bonchev–Trinajstić information content (AvgIpc) is 3.20. The summed E-state index contributed by atoms with van der Waals surface area (Å²) in [5, 5.41) is 0. The van der Waals surface area contributed by atoms with Crippen molar-refractivity contribution in [1.29, 1.82) is 0 Å². The predicted octanol–water partition coefficient (Wildman–Crippen LogP) is 5.82. The topological polar surface area (TPSA) is 6.48 Å². The van der Waals surface area contributed by atoms with Crippen LogP contribution < -0.4 is 0 Å². The summed E-state index contributed by atoms with van der Waals surface area (Å²) in [6.07, 6.45) is 18.0. The normalized spacial score (nSPS) is 34.3. The van der Waals surface area contributed by atoms with Crippen LogP contribution in [-0.2, 0) is 0 Å². The lowest BCUT2D eigenvalue weighted by Crippen LogP contribution is -2.52. The number of hydrogen-bond acceptors (Lipinski definition) is 2. The van der Waals surface area contributed by atoms with Crippen LogP contribution in [0.5, 0.6) is 0 Å². The van der Waals surface area contributed by atoms with Crippen molar-refractivity contribution in [3.63, 3.8) is 0 Å². The molecule has 4 fully saturated rings. The van der Waals surface area contributed by atoms with E-state index in [1.54, 1.807) is 0 Å². The van der Waals surface area contributed by atoms with Gasteiger partial charge in [-0.2, -0.15) is 0 Å². The highest BCUT2D eigenvalue weighted by atomic mass is 15.2. The molecule has 4 aliphatic rings. The molecule has 2 nitrogen and oxygen atoms in total. The second-order valence-electron chi connectivity index (χ2n) is 11.3. The molecule has 2 saturated carbocycles. The van der Waals surface area contributed by atoms with Crippen molar-refractivity contribution >= 4 is 0 Å².